The van der Waals surface area contributed by atoms with Gasteiger partial charge in [-0.1, -0.05) is 34.1 Å². The molecule has 0 unspecified atom stereocenters. The van der Waals surface area contributed by atoms with Crippen LogP contribution in [0.1, 0.15) is 17.3 Å². The number of amides is 1. The van der Waals surface area contributed by atoms with E-state index >= 15 is 0 Å². The molecule has 0 saturated heterocycles. The SMILES string of the molecule is CCOc1cccc2cc(C(=O)Nc3nccs3)c(=Nc3cccc(Br)c3)oc12. The first-order chi connectivity index (χ1) is 14.1. The number of ether oxygens (including phenoxy) is 1. The molecule has 4 aromatic rings. The van der Waals surface area contributed by atoms with Crippen LogP contribution in [0.2, 0.25) is 0 Å². The van der Waals surface area contributed by atoms with Crippen molar-refractivity contribution in [3.05, 3.63) is 75.7 Å². The quantitative estimate of drug-likeness (QED) is 0.416. The molecular weight excluding hydrogens is 454 g/mol. The molecule has 8 heteroatoms. The highest BCUT2D eigenvalue weighted by Crippen LogP contribution is 2.26. The average Bonchev–Trinajstić information content (AvgIpc) is 3.21. The van der Waals surface area contributed by atoms with Crippen LogP contribution in [0.3, 0.4) is 0 Å². The summed E-state index contributed by atoms with van der Waals surface area (Å²) in [7, 11) is 0. The summed E-state index contributed by atoms with van der Waals surface area (Å²) in [6, 6.07) is 14.7. The van der Waals surface area contributed by atoms with Gasteiger partial charge in [0.25, 0.3) is 5.91 Å². The molecule has 0 aliphatic heterocycles. The normalized spacial score (nSPS) is 11.6. The summed E-state index contributed by atoms with van der Waals surface area (Å²) in [4.78, 5) is 21.6. The van der Waals surface area contributed by atoms with Crippen LogP contribution < -0.4 is 15.6 Å². The number of thiazole rings is 1. The third kappa shape index (κ3) is 4.38. The molecule has 0 aliphatic rings. The monoisotopic (exact) mass is 469 g/mol. The molecule has 4 rings (SSSR count). The smallest absolute Gasteiger partial charge is 0.262 e. The van der Waals surface area contributed by atoms with Crippen molar-refractivity contribution in [3.8, 4) is 5.75 Å². The summed E-state index contributed by atoms with van der Waals surface area (Å²) >= 11 is 4.78. The predicted octanol–water partition coefficient (Wildman–Crippen LogP) is 5.54. The maximum Gasteiger partial charge on any atom is 0.262 e. The minimum absolute atomic E-state index is 0.191. The number of carbonyl (C=O) groups is 1. The fourth-order valence-corrected chi connectivity index (χ4v) is 3.66. The van der Waals surface area contributed by atoms with Gasteiger partial charge in [-0.25, -0.2) is 9.98 Å². The number of fused-ring (bicyclic) bond motifs is 1. The molecule has 0 bridgehead atoms. The van der Waals surface area contributed by atoms with Crippen LogP contribution >= 0.6 is 27.3 Å². The fourth-order valence-electron chi connectivity index (χ4n) is 2.75. The summed E-state index contributed by atoms with van der Waals surface area (Å²) in [6.07, 6.45) is 1.63. The van der Waals surface area contributed by atoms with E-state index in [1.807, 2.05) is 49.4 Å². The second-order valence-corrected chi connectivity index (χ2v) is 7.77. The van der Waals surface area contributed by atoms with E-state index in [9.17, 15) is 4.79 Å². The molecule has 2 heterocycles. The molecule has 29 heavy (non-hydrogen) atoms. The average molecular weight is 470 g/mol. The Bertz CT molecular complexity index is 1240. The zero-order chi connectivity index (χ0) is 20.2. The Balaban J connectivity index is 1.91. The summed E-state index contributed by atoms with van der Waals surface area (Å²) in [6.45, 7) is 2.40. The Hall–Kier alpha value is -2.97. The molecule has 0 fully saturated rings. The number of hydrogen-bond donors (Lipinski definition) is 1. The first kappa shape index (κ1) is 19.4. The first-order valence-corrected chi connectivity index (χ1v) is 10.5. The van der Waals surface area contributed by atoms with Crippen LogP contribution in [0.5, 0.6) is 5.75 Å². The predicted molar refractivity (Wildman–Crippen MR) is 117 cm³/mol. The number of halogens is 1. The molecule has 146 valence electrons. The summed E-state index contributed by atoms with van der Waals surface area (Å²) in [5.41, 5.74) is 1.69. The molecule has 1 N–H and O–H groups in total. The van der Waals surface area contributed by atoms with Crippen molar-refractivity contribution >= 4 is 55.0 Å². The Labute approximate surface area is 179 Å². The molecule has 0 saturated carbocycles. The van der Waals surface area contributed by atoms with Gasteiger partial charge < -0.3 is 9.15 Å². The summed E-state index contributed by atoms with van der Waals surface area (Å²) in [5, 5.41) is 5.83. The minimum Gasteiger partial charge on any atom is -0.490 e. The highest BCUT2D eigenvalue weighted by Gasteiger charge is 2.16. The van der Waals surface area contributed by atoms with Crippen LogP contribution in [0.25, 0.3) is 11.0 Å². The number of benzene rings is 2. The number of para-hydroxylation sites is 1. The topological polar surface area (TPSA) is 76.7 Å². The number of nitrogens with one attached hydrogen (secondary N) is 1. The van der Waals surface area contributed by atoms with Gasteiger partial charge in [0.2, 0.25) is 5.55 Å². The molecule has 2 aromatic carbocycles. The van der Waals surface area contributed by atoms with Gasteiger partial charge in [0.1, 0.15) is 5.56 Å². The van der Waals surface area contributed by atoms with Crippen LogP contribution in [0.15, 0.2) is 74.0 Å². The largest absolute Gasteiger partial charge is 0.490 e. The number of aromatic nitrogens is 1. The molecule has 0 atom stereocenters. The minimum atomic E-state index is -0.346. The summed E-state index contributed by atoms with van der Waals surface area (Å²) in [5.74, 6) is 0.253. The van der Waals surface area contributed by atoms with Crippen molar-refractivity contribution in [3.63, 3.8) is 0 Å². The second-order valence-electron chi connectivity index (χ2n) is 5.96. The second kappa shape index (κ2) is 8.59. The zero-order valence-corrected chi connectivity index (χ0v) is 17.8. The number of nitrogens with zero attached hydrogens (tertiary/aromatic N) is 2. The molecular formula is C21H16BrN3O3S. The number of hydrogen-bond acceptors (Lipinski definition) is 6. The van der Waals surface area contributed by atoms with E-state index in [0.29, 0.717) is 34.3 Å². The van der Waals surface area contributed by atoms with E-state index in [4.69, 9.17) is 9.15 Å². The molecule has 2 aromatic heterocycles. The van der Waals surface area contributed by atoms with Crippen molar-refractivity contribution < 1.29 is 13.9 Å². The van der Waals surface area contributed by atoms with Crippen molar-refractivity contribution in [2.24, 2.45) is 4.99 Å². The standard InChI is InChI=1S/C21H16BrN3O3S/c1-2-27-17-8-3-5-13-11-16(19(26)25-21-23-9-10-29-21)20(28-18(13)17)24-15-7-4-6-14(22)12-15/h3-12H,2H2,1H3,(H,23,25,26). The lowest BCUT2D eigenvalue weighted by molar-refractivity contribution is 0.102. The molecule has 0 spiro atoms. The van der Waals surface area contributed by atoms with Crippen molar-refractivity contribution in [1.82, 2.24) is 4.98 Å². The Morgan fingerprint density at radius 2 is 2.14 bits per heavy atom. The highest BCUT2D eigenvalue weighted by atomic mass is 79.9. The lowest BCUT2D eigenvalue weighted by Gasteiger charge is -2.09. The van der Waals surface area contributed by atoms with E-state index in [-0.39, 0.29) is 11.5 Å². The summed E-state index contributed by atoms with van der Waals surface area (Å²) < 4.78 is 12.6. The van der Waals surface area contributed by atoms with Crippen molar-refractivity contribution in [2.45, 2.75) is 6.92 Å². The lowest BCUT2D eigenvalue weighted by atomic mass is 10.1. The van der Waals surface area contributed by atoms with Crippen LogP contribution in [-0.4, -0.2) is 17.5 Å². The van der Waals surface area contributed by atoms with E-state index in [2.05, 4.69) is 31.2 Å². The Morgan fingerprint density at radius 3 is 2.90 bits per heavy atom. The third-order valence-electron chi connectivity index (χ3n) is 3.97. The number of rotatable bonds is 5. The van der Waals surface area contributed by atoms with E-state index < -0.39 is 0 Å². The van der Waals surface area contributed by atoms with Gasteiger partial charge in [0, 0.05) is 21.4 Å². The van der Waals surface area contributed by atoms with Gasteiger partial charge in [-0.3, -0.25) is 10.1 Å². The number of anilines is 1. The molecule has 0 radical (unpaired) electrons. The van der Waals surface area contributed by atoms with Gasteiger partial charge in [-0.2, -0.15) is 0 Å². The lowest BCUT2D eigenvalue weighted by Crippen LogP contribution is -2.21. The molecule has 0 aliphatic carbocycles. The molecule has 6 nitrogen and oxygen atoms in total. The van der Waals surface area contributed by atoms with Gasteiger partial charge in [0.15, 0.2) is 16.5 Å². The third-order valence-corrected chi connectivity index (χ3v) is 5.16. The maximum absolute atomic E-state index is 12.9. The number of carbonyl (C=O) groups excluding carboxylic acids is 1. The van der Waals surface area contributed by atoms with E-state index in [0.717, 1.165) is 9.86 Å². The van der Waals surface area contributed by atoms with Crippen LogP contribution in [0, 0.1) is 0 Å². The zero-order valence-electron chi connectivity index (χ0n) is 15.4. The Morgan fingerprint density at radius 1 is 1.28 bits per heavy atom. The van der Waals surface area contributed by atoms with Gasteiger partial charge in [-0.15, -0.1) is 11.3 Å². The maximum atomic E-state index is 12.9. The van der Waals surface area contributed by atoms with E-state index in [1.165, 1.54) is 11.3 Å². The van der Waals surface area contributed by atoms with Crippen LogP contribution in [-0.2, 0) is 0 Å². The fraction of sp³-hybridized carbons (Fsp3) is 0.0952. The van der Waals surface area contributed by atoms with Gasteiger partial charge in [-0.05, 0) is 37.3 Å². The van der Waals surface area contributed by atoms with Crippen molar-refractivity contribution in [1.29, 1.82) is 0 Å². The Kier molecular flexibility index (Phi) is 5.73. The van der Waals surface area contributed by atoms with Crippen molar-refractivity contribution in [2.75, 3.05) is 11.9 Å². The van der Waals surface area contributed by atoms with Gasteiger partial charge >= 0.3 is 0 Å². The van der Waals surface area contributed by atoms with E-state index in [1.54, 1.807) is 17.6 Å². The molecule has 1 amide bonds. The van der Waals surface area contributed by atoms with Crippen LogP contribution in [0.4, 0.5) is 10.8 Å². The first-order valence-electron chi connectivity index (χ1n) is 8.85. The highest BCUT2D eigenvalue weighted by molar-refractivity contribution is 9.10. The van der Waals surface area contributed by atoms with Gasteiger partial charge in [0.05, 0.1) is 12.3 Å².